The Morgan fingerprint density at radius 2 is 2.04 bits per heavy atom. The van der Waals surface area contributed by atoms with Gasteiger partial charge in [-0.05, 0) is 30.7 Å². The average molecular weight is 306 g/mol. The van der Waals surface area contributed by atoms with Gasteiger partial charge < -0.3 is 14.6 Å². The maximum Gasteiger partial charge on any atom is 0.262 e. The van der Waals surface area contributed by atoms with Crippen LogP contribution in [0.4, 0.5) is 5.69 Å². The number of carbonyl (C=O) groups is 1. The standard InChI is InChI=1S/C18H14N2O3/c1-11-3-2-4-12(7-11)14-9-23-20-18(14)13-5-6-16-15(8-13)19-17(21)10-22-16/h2-9H,10H2,1H3,(H,19,21). The van der Waals surface area contributed by atoms with Crippen molar-refractivity contribution in [3.05, 3.63) is 54.3 Å². The first-order valence-corrected chi connectivity index (χ1v) is 7.29. The van der Waals surface area contributed by atoms with Crippen molar-refractivity contribution in [3.8, 4) is 28.1 Å². The normalized spacial score (nSPS) is 13.2. The van der Waals surface area contributed by atoms with E-state index in [4.69, 9.17) is 9.26 Å². The maximum absolute atomic E-state index is 11.5. The molecule has 0 aliphatic carbocycles. The van der Waals surface area contributed by atoms with E-state index in [0.29, 0.717) is 11.4 Å². The zero-order valence-electron chi connectivity index (χ0n) is 12.5. The summed E-state index contributed by atoms with van der Waals surface area (Å²) in [5.74, 6) is 0.502. The van der Waals surface area contributed by atoms with E-state index >= 15 is 0 Å². The minimum Gasteiger partial charge on any atom is -0.482 e. The topological polar surface area (TPSA) is 64.4 Å². The van der Waals surface area contributed by atoms with Gasteiger partial charge in [-0.3, -0.25) is 4.79 Å². The molecule has 0 atom stereocenters. The summed E-state index contributed by atoms with van der Waals surface area (Å²) in [7, 11) is 0. The van der Waals surface area contributed by atoms with Crippen LogP contribution in [-0.2, 0) is 4.79 Å². The van der Waals surface area contributed by atoms with Gasteiger partial charge in [-0.15, -0.1) is 0 Å². The maximum atomic E-state index is 11.5. The van der Waals surface area contributed by atoms with Crippen LogP contribution in [0.5, 0.6) is 5.75 Å². The lowest BCUT2D eigenvalue weighted by Gasteiger charge is -2.18. The summed E-state index contributed by atoms with van der Waals surface area (Å²) in [4.78, 5) is 11.5. The van der Waals surface area contributed by atoms with E-state index in [1.807, 2.05) is 43.3 Å². The molecule has 0 fully saturated rings. The Labute approximate surface area is 132 Å². The van der Waals surface area contributed by atoms with Crippen LogP contribution >= 0.6 is 0 Å². The monoisotopic (exact) mass is 306 g/mol. The van der Waals surface area contributed by atoms with E-state index < -0.39 is 0 Å². The molecule has 1 aliphatic heterocycles. The van der Waals surface area contributed by atoms with Gasteiger partial charge in [0.15, 0.2) is 6.61 Å². The zero-order valence-corrected chi connectivity index (χ0v) is 12.5. The summed E-state index contributed by atoms with van der Waals surface area (Å²) >= 11 is 0. The second kappa shape index (κ2) is 5.28. The minimum absolute atomic E-state index is 0.0465. The summed E-state index contributed by atoms with van der Waals surface area (Å²) in [6, 6.07) is 13.7. The van der Waals surface area contributed by atoms with Gasteiger partial charge in [0.05, 0.1) is 5.69 Å². The SMILES string of the molecule is Cc1cccc(-c2conc2-c2ccc3c(c2)NC(=O)CO3)c1. The summed E-state index contributed by atoms with van der Waals surface area (Å²) in [5.41, 5.74) is 5.37. The molecule has 5 heteroatoms. The molecule has 2 aromatic carbocycles. The van der Waals surface area contributed by atoms with E-state index in [9.17, 15) is 4.79 Å². The molecular weight excluding hydrogens is 292 g/mol. The highest BCUT2D eigenvalue weighted by Crippen LogP contribution is 2.36. The number of nitrogens with one attached hydrogen (secondary N) is 1. The highest BCUT2D eigenvalue weighted by Gasteiger charge is 2.19. The molecular formula is C18H14N2O3. The molecule has 1 amide bonds. The first-order valence-electron chi connectivity index (χ1n) is 7.29. The fourth-order valence-electron chi connectivity index (χ4n) is 2.69. The highest BCUT2D eigenvalue weighted by atomic mass is 16.5. The molecule has 0 radical (unpaired) electrons. The number of rotatable bonds is 2. The van der Waals surface area contributed by atoms with Crippen molar-refractivity contribution in [2.24, 2.45) is 0 Å². The van der Waals surface area contributed by atoms with Gasteiger partial charge in [0.2, 0.25) is 0 Å². The molecule has 4 rings (SSSR count). The van der Waals surface area contributed by atoms with Crippen LogP contribution in [0.2, 0.25) is 0 Å². The van der Waals surface area contributed by atoms with Crippen LogP contribution in [0.15, 0.2) is 53.3 Å². The van der Waals surface area contributed by atoms with Gasteiger partial charge in [0.1, 0.15) is 17.7 Å². The van der Waals surface area contributed by atoms with Crippen molar-refractivity contribution in [1.82, 2.24) is 5.16 Å². The quantitative estimate of drug-likeness (QED) is 0.785. The Bertz CT molecular complexity index is 899. The molecule has 0 unspecified atom stereocenters. The Hall–Kier alpha value is -3.08. The van der Waals surface area contributed by atoms with Crippen LogP contribution in [0.1, 0.15) is 5.56 Å². The molecule has 114 valence electrons. The van der Waals surface area contributed by atoms with Crippen LogP contribution in [0, 0.1) is 6.92 Å². The van der Waals surface area contributed by atoms with Gasteiger partial charge in [-0.2, -0.15) is 0 Å². The Morgan fingerprint density at radius 3 is 2.91 bits per heavy atom. The van der Waals surface area contributed by atoms with Gasteiger partial charge in [0.25, 0.3) is 5.91 Å². The van der Waals surface area contributed by atoms with Crippen molar-refractivity contribution in [3.63, 3.8) is 0 Å². The molecule has 0 bridgehead atoms. The second-order valence-corrected chi connectivity index (χ2v) is 5.49. The number of nitrogens with zero attached hydrogens (tertiary/aromatic N) is 1. The molecule has 3 aromatic rings. The summed E-state index contributed by atoms with van der Waals surface area (Å²) < 4.78 is 10.6. The fourth-order valence-corrected chi connectivity index (χ4v) is 2.69. The van der Waals surface area contributed by atoms with E-state index in [-0.39, 0.29) is 12.5 Å². The first-order chi connectivity index (χ1) is 11.2. The van der Waals surface area contributed by atoms with Gasteiger partial charge in [-0.25, -0.2) is 0 Å². The Morgan fingerprint density at radius 1 is 1.13 bits per heavy atom. The van der Waals surface area contributed by atoms with Crippen LogP contribution in [0.25, 0.3) is 22.4 Å². The number of ether oxygens (including phenoxy) is 1. The molecule has 2 heterocycles. The van der Waals surface area contributed by atoms with E-state index in [1.165, 1.54) is 5.56 Å². The van der Waals surface area contributed by atoms with E-state index in [2.05, 4.69) is 16.5 Å². The number of aryl methyl sites for hydroxylation is 1. The van der Waals surface area contributed by atoms with E-state index in [1.54, 1.807) is 6.26 Å². The number of hydrogen-bond donors (Lipinski definition) is 1. The number of hydrogen-bond acceptors (Lipinski definition) is 4. The number of carbonyl (C=O) groups excluding carboxylic acids is 1. The first kappa shape index (κ1) is 13.6. The number of anilines is 1. The predicted octanol–water partition coefficient (Wildman–Crippen LogP) is 3.65. The van der Waals surface area contributed by atoms with Gasteiger partial charge in [-0.1, -0.05) is 35.0 Å². The second-order valence-electron chi connectivity index (χ2n) is 5.49. The van der Waals surface area contributed by atoms with Crippen LogP contribution in [0.3, 0.4) is 0 Å². The van der Waals surface area contributed by atoms with Crippen LogP contribution in [-0.4, -0.2) is 17.7 Å². The molecule has 0 spiro atoms. The molecule has 1 aromatic heterocycles. The van der Waals surface area contributed by atoms with Crippen LogP contribution < -0.4 is 10.1 Å². The third-order valence-electron chi connectivity index (χ3n) is 3.78. The number of aromatic nitrogens is 1. The summed E-state index contributed by atoms with van der Waals surface area (Å²) in [5, 5.41) is 6.94. The Kier molecular flexibility index (Phi) is 3.12. The average Bonchev–Trinajstić information content (AvgIpc) is 3.03. The lowest BCUT2D eigenvalue weighted by Crippen LogP contribution is -2.25. The van der Waals surface area contributed by atoms with Crippen molar-refractivity contribution >= 4 is 11.6 Å². The Balaban J connectivity index is 1.79. The molecule has 0 saturated carbocycles. The van der Waals surface area contributed by atoms with Gasteiger partial charge in [0, 0.05) is 11.1 Å². The predicted molar refractivity (Wildman–Crippen MR) is 86.2 cm³/mol. The van der Waals surface area contributed by atoms with E-state index in [0.717, 1.165) is 22.4 Å². The lowest BCUT2D eigenvalue weighted by molar-refractivity contribution is -0.118. The third-order valence-corrected chi connectivity index (χ3v) is 3.78. The smallest absolute Gasteiger partial charge is 0.262 e. The number of benzene rings is 2. The zero-order chi connectivity index (χ0) is 15.8. The number of fused-ring (bicyclic) bond motifs is 1. The summed E-state index contributed by atoms with van der Waals surface area (Å²) in [6.07, 6.45) is 1.64. The lowest BCUT2D eigenvalue weighted by atomic mass is 10.00. The van der Waals surface area contributed by atoms with Crippen molar-refractivity contribution in [2.75, 3.05) is 11.9 Å². The highest BCUT2D eigenvalue weighted by molar-refractivity contribution is 5.96. The number of amides is 1. The van der Waals surface area contributed by atoms with Crippen molar-refractivity contribution in [2.45, 2.75) is 6.92 Å². The fraction of sp³-hybridized carbons (Fsp3) is 0.111. The van der Waals surface area contributed by atoms with Gasteiger partial charge >= 0.3 is 0 Å². The molecule has 23 heavy (non-hydrogen) atoms. The molecule has 0 saturated heterocycles. The molecule has 1 aliphatic rings. The molecule has 5 nitrogen and oxygen atoms in total. The summed E-state index contributed by atoms with van der Waals surface area (Å²) in [6.45, 7) is 2.09. The minimum atomic E-state index is -0.159. The van der Waals surface area contributed by atoms with Crippen molar-refractivity contribution in [1.29, 1.82) is 0 Å². The largest absolute Gasteiger partial charge is 0.482 e. The molecule has 1 N–H and O–H groups in total. The van der Waals surface area contributed by atoms with Crippen molar-refractivity contribution < 1.29 is 14.1 Å². The third kappa shape index (κ3) is 2.46.